The molecular weight excluding hydrogens is 198 g/mol. The van der Waals surface area contributed by atoms with E-state index in [0.29, 0.717) is 0 Å². The zero-order valence-corrected chi connectivity index (χ0v) is 10.6. The van der Waals surface area contributed by atoms with Gasteiger partial charge >= 0.3 is 0 Å². The highest BCUT2D eigenvalue weighted by Gasteiger charge is 1.88. The lowest BCUT2D eigenvalue weighted by atomic mass is 10.5. The number of pyridine rings is 1. The molecule has 0 spiro atoms. The summed E-state index contributed by atoms with van der Waals surface area (Å²) in [5.41, 5.74) is 0. The van der Waals surface area contributed by atoms with Gasteiger partial charge in [0.15, 0.2) is 0 Å². The summed E-state index contributed by atoms with van der Waals surface area (Å²) in [6.07, 6.45) is 7.25. The molecule has 2 heterocycles. The first-order valence-corrected chi connectivity index (χ1v) is 5.22. The number of rotatable bonds is 0. The van der Waals surface area contributed by atoms with Crippen molar-refractivity contribution in [1.82, 2.24) is 9.97 Å². The molecule has 2 aromatic rings. The molecule has 2 rings (SSSR count). The number of H-pyrrole nitrogens is 1. The molecule has 3 heteroatoms. The first-order valence-electron chi connectivity index (χ1n) is 5.22. The van der Waals surface area contributed by atoms with Crippen LogP contribution in [0.5, 0.6) is 0 Å². The van der Waals surface area contributed by atoms with E-state index in [1.54, 1.807) is 12.4 Å². The van der Waals surface area contributed by atoms with Gasteiger partial charge in [0.2, 0.25) is 0 Å². The van der Waals surface area contributed by atoms with E-state index < -0.39 is 0 Å². The van der Waals surface area contributed by atoms with E-state index in [4.69, 9.17) is 0 Å². The van der Waals surface area contributed by atoms with Crippen LogP contribution in [-0.2, 0) is 0 Å². The van der Waals surface area contributed by atoms with Gasteiger partial charge in [-0.15, -0.1) is 0 Å². The van der Waals surface area contributed by atoms with Gasteiger partial charge in [0, 0.05) is 24.8 Å². The summed E-state index contributed by atoms with van der Waals surface area (Å²) in [5.74, 6) is 0. The van der Waals surface area contributed by atoms with Crippen LogP contribution in [0, 0.1) is 0 Å². The number of hydrogen-bond acceptors (Lipinski definition) is 1. The van der Waals surface area contributed by atoms with Crippen molar-refractivity contribution in [3.05, 3.63) is 55.1 Å². The molecular formula is C13H22N3+. The molecule has 0 radical (unpaired) electrons. The van der Waals surface area contributed by atoms with Crippen molar-refractivity contribution in [2.45, 2.75) is 0 Å². The Hall–Kier alpha value is -1.61. The fraction of sp³-hybridized carbons (Fsp3) is 0.308. The van der Waals surface area contributed by atoms with Crippen LogP contribution in [0.1, 0.15) is 0 Å². The summed E-state index contributed by atoms with van der Waals surface area (Å²) in [5, 5.41) is 0. The molecule has 0 amide bonds. The molecule has 0 aliphatic carbocycles. The molecule has 0 bridgehead atoms. The van der Waals surface area contributed by atoms with Gasteiger partial charge in [-0.25, -0.2) is 0 Å². The summed E-state index contributed by atoms with van der Waals surface area (Å²) in [6.45, 7) is 0. The van der Waals surface area contributed by atoms with Gasteiger partial charge in [-0.05, 0) is 24.3 Å². The molecule has 16 heavy (non-hydrogen) atoms. The van der Waals surface area contributed by atoms with Gasteiger partial charge in [-0.1, -0.05) is 6.07 Å². The SMILES string of the molecule is C[N+](C)(C)C.c1cc[nH]c1.c1ccncc1. The molecule has 0 saturated heterocycles. The Balaban J connectivity index is 0.000000213. The number of nitrogens with zero attached hydrogens (tertiary/aromatic N) is 2. The van der Waals surface area contributed by atoms with Crippen molar-refractivity contribution in [2.24, 2.45) is 0 Å². The van der Waals surface area contributed by atoms with E-state index in [9.17, 15) is 0 Å². The Morgan fingerprint density at radius 2 is 1.19 bits per heavy atom. The van der Waals surface area contributed by atoms with Crippen molar-refractivity contribution in [1.29, 1.82) is 0 Å². The van der Waals surface area contributed by atoms with Crippen LogP contribution in [0.3, 0.4) is 0 Å². The quantitative estimate of drug-likeness (QED) is 0.679. The second-order valence-electron chi connectivity index (χ2n) is 4.59. The van der Waals surface area contributed by atoms with Gasteiger partial charge in [0.25, 0.3) is 0 Å². The molecule has 0 aliphatic heterocycles. The molecule has 3 nitrogen and oxygen atoms in total. The van der Waals surface area contributed by atoms with Crippen LogP contribution in [0.25, 0.3) is 0 Å². The molecule has 2 aromatic heterocycles. The Kier molecular flexibility index (Phi) is 7.81. The van der Waals surface area contributed by atoms with Gasteiger partial charge in [0.05, 0.1) is 28.2 Å². The van der Waals surface area contributed by atoms with E-state index in [0.717, 1.165) is 4.48 Å². The molecule has 1 N–H and O–H groups in total. The third kappa shape index (κ3) is 18.2. The summed E-state index contributed by atoms with van der Waals surface area (Å²) in [6, 6.07) is 9.60. The van der Waals surface area contributed by atoms with Crippen LogP contribution in [0.4, 0.5) is 0 Å². The Bertz CT molecular complexity index is 259. The molecule has 0 atom stereocenters. The number of aromatic amines is 1. The van der Waals surface area contributed by atoms with Gasteiger partial charge in [-0.2, -0.15) is 0 Å². The number of hydrogen-bond donors (Lipinski definition) is 1. The monoisotopic (exact) mass is 220 g/mol. The highest BCUT2D eigenvalue weighted by atomic mass is 15.2. The minimum atomic E-state index is 1.00. The largest absolute Gasteiger partial charge is 0.368 e. The van der Waals surface area contributed by atoms with Crippen LogP contribution >= 0.6 is 0 Å². The summed E-state index contributed by atoms with van der Waals surface area (Å²) in [4.78, 5) is 6.65. The van der Waals surface area contributed by atoms with Crippen molar-refractivity contribution >= 4 is 0 Å². The van der Waals surface area contributed by atoms with Crippen molar-refractivity contribution in [3.63, 3.8) is 0 Å². The normalized spacial score (nSPS) is 9.25. The van der Waals surface area contributed by atoms with E-state index in [1.807, 2.05) is 42.7 Å². The minimum Gasteiger partial charge on any atom is -0.368 e. The van der Waals surface area contributed by atoms with E-state index in [-0.39, 0.29) is 0 Å². The highest BCUT2D eigenvalue weighted by Crippen LogP contribution is 1.74. The molecule has 0 aliphatic rings. The Morgan fingerprint density at radius 3 is 1.31 bits per heavy atom. The second-order valence-corrected chi connectivity index (χ2v) is 4.59. The number of aromatic nitrogens is 2. The predicted molar refractivity (Wildman–Crippen MR) is 69.0 cm³/mol. The van der Waals surface area contributed by atoms with Crippen molar-refractivity contribution < 1.29 is 4.48 Å². The zero-order valence-electron chi connectivity index (χ0n) is 10.6. The molecule has 0 unspecified atom stereocenters. The van der Waals surface area contributed by atoms with Gasteiger partial charge in [-0.3, -0.25) is 4.98 Å². The second kappa shape index (κ2) is 8.68. The van der Waals surface area contributed by atoms with Gasteiger partial charge in [0.1, 0.15) is 0 Å². The lowest BCUT2D eigenvalue weighted by Crippen LogP contribution is -2.27. The van der Waals surface area contributed by atoms with Crippen LogP contribution in [-0.4, -0.2) is 42.6 Å². The smallest absolute Gasteiger partial charge is 0.0675 e. The average molecular weight is 220 g/mol. The molecule has 0 saturated carbocycles. The average Bonchev–Trinajstić information content (AvgIpc) is 2.75. The standard InChI is InChI=1S/C5H5N.C4H5N.C4H12N/c1-2-4-6-5-3-1;1-2-4-5-3-1;1-5(2,3)4/h1-5H;1-5H;1-4H3/q;;+1. The highest BCUT2D eigenvalue weighted by molar-refractivity contribution is 4.88. The maximum absolute atomic E-state index is 3.78. The first-order chi connectivity index (χ1) is 7.50. The Labute approximate surface area is 98.4 Å². The third-order valence-electron chi connectivity index (χ3n) is 1.06. The maximum Gasteiger partial charge on any atom is 0.0675 e. The van der Waals surface area contributed by atoms with E-state index >= 15 is 0 Å². The minimum absolute atomic E-state index is 1.00. The maximum atomic E-state index is 3.78. The fourth-order valence-electron chi connectivity index (χ4n) is 0.590. The summed E-state index contributed by atoms with van der Waals surface area (Å²) in [7, 11) is 8.50. The third-order valence-corrected chi connectivity index (χ3v) is 1.06. The number of nitrogens with one attached hydrogen (secondary N) is 1. The molecule has 0 aromatic carbocycles. The topological polar surface area (TPSA) is 28.7 Å². The van der Waals surface area contributed by atoms with Crippen molar-refractivity contribution in [2.75, 3.05) is 28.2 Å². The number of quaternary nitrogens is 1. The van der Waals surface area contributed by atoms with Crippen LogP contribution < -0.4 is 0 Å². The van der Waals surface area contributed by atoms with Gasteiger partial charge < -0.3 is 9.47 Å². The van der Waals surface area contributed by atoms with E-state index in [1.165, 1.54) is 0 Å². The predicted octanol–water partition coefficient (Wildman–Crippen LogP) is 2.42. The van der Waals surface area contributed by atoms with Crippen LogP contribution in [0.15, 0.2) is 55.1 Å². The van der Waals surface area contributed by atoms with Crippen molar-refractivity contribution in [3.8, 4) is 0 Å². The Morgan fingerprint density at radius 1 is 0.750 bits per heavy atom. The fourth-order valence-corrected chi connectivity index (χ4v) is 0.590. The lowest BCUT2D eigenvalue weighted by Gasteiger charge is -2.14. The summed E-state index contributed by atoms with van der Waals surface area (Å²) < 4.78 is 1.00. The molecule has 0 fully saturated rings. The lowest BCUT2D eigenvalue weighted by molar-refractivity contribution is -0.849. The zero-order chi connectivity index (χ0) is 12.3. The summed E-state index contributed by atoms with van der Waals surface area (Å²) >= 11 is 0. The van der Waals surface area contributed by atoms with Crippen LogP contribution in [0.2, 0.25) is 0 Å². The van der Waals surface area contributed by atoms with E-state index in [2.05, 4.69) is 38.2 Å². The first kappa shape index (κ1) is 14.4. The molecule has 88 valence electrons.